The molecule has 1 amide bonds. The van der Waals surface area contributed by atoms with Gasteiger partial charge in [-0.05, 0) is 17.7 Å². The molecule has 0 spiro atoms. The SMILES string of the molecule is COc1ccc(CN2CCNCC2C(N)=O)cc1O. The number of ether oxygens (including phenoxy) is 1. The predicted molar refractivity (Wildman–Crippen MR) is 70.9 cm³/mol. The van der Waals surface area contributed by atoms with Crippen molar-refractivity contribution in [3.05, 3.63) is 23.8 Å². The minimum Gasteiger partial charge on any atom is -0.504 e. The average Bonchev–Trinajstić information content (AvgIpc) is 2.39. The average molecular weight is 265 g/mol. The van der Waals surface area contributed by atoms with Crippen LogP contribution in [-0.2, 0) is 11.3 Å². The quantitative estimate of drug-likeness (QED) is 0.693. The van der Waals surface area contributed by atoms with E-state index >= 15 is 0 Å². The van der Waals surface area contributed by atoms with E-state index in [4.69, 9.17) is 10.5 Å². The van der Waals surface area contributed by atoms with Gasteiger partial charge in [0.2, 0.25) is 5.91 Å². The Morgan fingerprint density at radius 1 is 1.63 bits per heavy atom. The third-order valence-electron chi connectivity index (χ3n) is 3.31. The highest BCUT2D eigenvalue weighted by Crippen LogP contribution is 2.27. The first-order chi connectivity index (χ1) is 9.11. The van der Waals surface area contributed by atoms with Crippen molar-refractivity contribution < 1.29 is 14.6 Å². The molecular formula is C13H19N3O3. The first-order valence-corrected chi connectivity index (χ1v) is 6.22. The Kier molecular flexibility index (Phi) is 4.24. The molecule has 0 saturated carbocycles. The number of aromatic hydroxyl groups is 1. The minimum atomic E-state index is -0.329. The molecule has 19 heavy (non-hydrogen) atoms. The molecule has 1 unspecified atom stereocenters. The molecule has 0 radical (unpaired) electrons. The molecule has 0 aromatic heterocycles. The summed E-state index contributed by atoms with van der Waals surface area (Å²) in [6, 6.07) is 4.93. The van der Waals surface area contributed by atoms with Gasteiger partial charge in [0.05, 0.1) is 7.11 Å². The summed E-state index contributed by atoms with van der Waals surface area (Å²) in [5.41, 5.74) is 6.32. The zero-order chi connectivity index (χ0) is 13.8. The first-order valence-electron chi connectivity index (χ1n) is 6.22. The van der Waals surface area contributed by atoms with E-state index in [1.54, 1.807) is 12.1 Å². The van der Waals surface area contributed by atoms with E-state index in [1.807, 2.05) is 11.0 Å². The van der Waals surface area contributed by atoms with Crippen molar-refractivity contribution in [3.63, 3.8) is 0 Å². The lowest BCUT2D eigenvalue weighted by Gasteiger charge is -2.34. The van der Waals surface area contributed by atoms with Crippen LogP contribution in [0.4, 0.5) is 0 Å². The van der Waals surface area contributed by atoms with E-state index < -0.39 is 0 Å². The lowest BCUT2D eigenvalue weighted by Crippen LogP contribution is -2.56. The van der Waals surface area contributed by atoms with Gasteiger partial charge in [-0.3, -0.25) is 9.69 Å². The summed E-state index contributed by atoms with van der Waals surface area (Å²) in [7, 11) is 1.51. The molecule has 6 nitrogen and oxygen atoms in total. The van der Waals surface area contributed by atoms with E-state index in [-0.39, 0.29) is 17.7 Å². The van der Waals surface area contributed by atoms with Gasteiger partial charge in [0, 0.05) is 26.2 Å². The molecule has 0 bridgehead atoms. The van der Waals surface area contributed by atoms with Crippen LogP contribution in [0.1, 0.15) is 5.56 Å². The topological polar surface area (TPSA) is 87.8 Å². The minimum absolute atomic E-state index is 0.103. The summed E-state index contributed by atoms with van der Waals surface area (Å²) in [5.74, 6) is 0.214. The predicted octanol–water partition coefficient (Wildman–Crippen LogP) is -0.340. The zero-order valence-corrected chi connectivity index (χ0v) is 10.9. The fraction of sp³-hybridized carbons (Fsp3) is 0.462. The normalized spacial score (nSPS) is 20.2. The maximum atomic E-state index is 11.4. The lowest BCUT2D eigenvalue weighted by molar-refractivity contribution is -0.124. The number of carbonyl (C=O) groups excluding carboxylic acids is 1. The Labute approximate surface area is 112 Å². The van der Waals surface area contributed by atoms with Crippen LogP contribution in [0.2, 0.25) is 0 Å². The molecule has 4 N–H and O–H groups in total. The maximum absolute atomic E-state index is 11.4. The van der Waals surface area contributed by atoms with Gasteiger partial charge in [0.25, 0.3) is 0 Å². The van der Waals surface area contributed by atoms with Gasteiger partial charge in [-0.1, -0.05) is 6.07 Å². The van der Waals surface area contributed by atoms with Crippen molar-refractivity contribution in [2.45, 2.75) is 12.6 Å². The van der Waals surface area contributed by atoms with Crippen molar-refractivity contribution in [1.82, 2.24) is 10.2 Å². The largest absolute Gasteiger partial charge is 0.504 e. The highest BCUT2D eigenvalue weighted by atomic mass is 16.5. The van der Waals surface area contributed by atoms with Crippen LogP contribution in [0.5, 0.6) is 11.5 Å². The van der Waals surface area contributed by atoms with E-state index in [0.29, 0.717) is 18.8 Å². The Hall–Kier alpha value is -1.79. The third kappa shape index (κ3) is 3.15. The van der Waals surface area contributed by atoms with E-state index in [0.717, 1.165) is 18.7 Å². The van der Waals surface area contributed by atoms with E-state index in [2.05, 4.69) is 5.32 Å². The van der Waals surface area contributed by atoms with E-state index in [1.165, 1.54) is 7.11 Å². The number of benzene rings is 1. The summed E-state index contributed by atoms with van der Waals surface area (Å²) in [6.45, 7) is 2.72. The number of phenols is 1. The number of rotatable bonds is 4. The molecule has 1 aliphatic heterocycles. The molecule has 1 fully saturated rings. The molecular weight excluding hydrogens is 246 g/mol. The second-order valence-electron chi connectivity index (χ2n) is 4.60. The van der Waals surface area contributed by atoms with Gasteiger partial charge in [0.1, 0.15) is 6.04 Å². The summed E-state index contributed by atoms with van der Waals surface area (Å²) in [4.78, 5) is 13.4. The highest BCUT2D eigenvalue weighted by molar-refractivity contribution is 5.80. The summed E-state index contributed by atoms with van der Waals surface area (Å²) in [6.07, 6.45) is 0. The standard InChI is InChI=1S/C13H19N3O3/c1-19-12-3-2-9(6-11(12)17)8-16-5-4-15-7-10(16)13(14)18/h2-3,6,10,15,17H,4-5,7-8H2,1H3,(H2,14,18). The number of hydrogen-bond acceptors (Lipinski definition) is 5. The monoisotopic (exact) mass is 265 g/mol. The van der Waals surface area contributed by atoms with Crippen LogP contribution in [0.25, 0.3) is 0 Å². The fourth-order valence-corrected chi connectivity index (χ4v) is 2.28. The Morgan fingerprint density at radius 2 is 2.42 bits per heavy atom. The Balaban J connectivity index is 2.10. The number of amides is 1. The van der Waals surface area contributed by atoms with Crippen molar-refractivity contribution in [3.8, 4) is 11.5 Å². The lowest BCUT2D eigenvalue weighted by atomic mass is 10.1. The molecule has 6 heteroatoms. The van der Waals surface area contributed by atoms with Crippen molar-refractivity contribution >= 4 is 5.91 Å². The molecule has 1 aromatic rings. The number of methoxy groups -OCH3 is 1. The van der Waals surface area contributed by atoms with Crippen LogP contribution in [-0.4, -0.2) is 48.7 Å². The van der Waals surface area contributed by atoms with E-state index in [9.17, 15) is 9.90 Å². The number of primary amides is 1. The Morgan fingerprint density at radius 3 is 3.05 bits per heavy atom. The molecule has 0 aliphatic carbocycles. The van der Waals surface area contributed by atoms with Crippen LogP contribution in [0.3, 0.4) is 0 Å². The number of nitrogens with one attached hydrogen (secondary N) is 1. The van der Waals surface area contributed by atoms with Gasteiger partial charge in [0.15, 0.2) is 11.5 Å². The number of phenolic OH excluding ortho intramolecular Hbond substituents is 1. The summed E-state index contributed by atoms with van der Waals surface area (Å²) >= 11 is 0. The van der Waals surface area contributed by atoms with Gasteiger partial charge in [-0.25, -0.2) is 0 Å². The number of nitrogens with two attached hydrogens (primary N) is 1. The number of hydrogen-bond donors (Lipinski definition) is 3. The molecule has 1 saturated heterocycles. The summed E-state index contributed by atoms with van der Waals surface area (Å²) < 4.78 is 5.00. The van der Waals surface area contributed by atoms with Gasteiger partial charge < -0.3 is 20.9 Å². The molecule has 1 heterocycles. The second-order valence-corrected chi connectivity index (χ2v) is 4.60. The number of carbonyl (C=O) groups is 1. The Bertz CT molecular complexity index is 464. The molecule has 1 aromatic carbocycles. The highest BCUT2D eigenvalue weighted by Gasteiger charge is 2.26. The maximum Gasteiger partial charge on any atom is 0.236 e. The van der Waals surface area contributed by atoms with Crippen LogP contribution in [0, 0.1) is 0 Å². The fourth-order valence-electron chi connectivity index (χ4n) is 2.28. The molecule has 104 valence electrons. The zero-order valence-electron chi connectivity index (χ0n) is 10.9. The van der Waals surface area contributed by atoms with Crippen molar-refractivity contribution in [1.29, 1.82) is 0 Å². The third-order valence-corrected chi connectivity index (χ3v) is 3.31. The molecule has 1 aliphatic rings. The first kappa shape index (κ1) is 13.6. The number of nitrogens with zero attached hydrogens (tertiary/aromatic N) is 1. The van der Waals surface area contributed by atoms with Gasteiger partial charge >= 0.3 is 0 Å². The van der Waals surface area contributed by atoms with Gasteiger partial charge in [-0.2, -0.15) is 0 Å². The second kappa shape index (κ2) is 5.90. The number of piperazine rings is 1. The van der Waals surface area contributed by atoms with Gasteiger partial charge in [-0.15, -0.1) is 0 Å². The van der Waals surface area contributed by atoms with Crippen LogP contribution >= 0.6 is 0 Å². The van der Waals surface area contributed by atoms with Crippen molar-refractivity contribution in [2.75, 3.05) is 26.7 Å². The molecule has 2 rings (SSSR count). The van der Waals surface area contributed by atoms with Crippen molar-refractivity contribution in [2.24, 2.45) is 5.73 Å². The van der Waals surface area contributed by atoms with Crippen LogP contribution < -0.4 is 15.8 Å². The van der Waals surface area contributed by atoms with Crippen LogP contribution in [0.15, 0.2) is 18.2 Å². The smallest absolute Gasteiger partial charge is 0.236 e. The molecule has 1 atom stereocenters. The summed E-state index contributed by atoms with van der Waals surface area (Å²) in [5, 5.41) is 12.9.